The zero-order valence-electron chi connectivity index (χ0n) is 14.9. The van der Waals surface area contributed by atoms with Gasteiger partial charge >= 0.3 is 5.97 Å². The van der Waals surface area contributed by atoms with E-state index in [9.17, 15) is 9.59 Å². The number of benzene rings is 1. The SMILES string of the molecule is CCC(C)N(CC(=O)O)C(=O)CCc1ncc(-c2ccc(C)cc2)o1. The second-order valence-corrected chi connectivity index (χ2v) is 6.16. The third-order valence-corrected chi connectivity index (χ3v) is 4.19. The van der Waals surface area contributed by atoms with E-state index in [1.54, 1.807) is 6.20 Å². The van der Waals surface area contributed by atoms with E-state index in [-0.39, 0.29) is 24.9 Å². The van der Waals surface area contributed by atoms with Crippen molar-refractivity contribution < 1.29 is 19.1 Å². The highest BCUT2D eigenvalue weighted by atomic mass is 16.4. The molecule has 0 spiro atoms. The van der Waals surface area contributed by atoms with Crippen molar-refractivity contribution in [1.29, 1.82) is 0 Å². The molecule has 0 saturated heterocycles. The number of carboxylic acids is 1. The van der Waals surface area contributed by atoms with Crippen LogP contribution in [-0.4, -0.2) is 39.5 Å². The summed E-state index contributed by atoms with van der Waals surface area (Å²) in [5.41, 5.74) is 2.10. The molecule has 0 aliphatic carbocycles. The molecule has 6 nitrogen and oxygen atoms in total. The van der Waals surface area contributed by atoms with Crippen molar-refractivity contribution in [2.45, 2.75) is 46.1 Å². The van der Waals surface area contributed by atoms with Crippen molar-refractivity contribution in [2.75, 3.05) is 6.54 Å². The van der Waals surface area contributed by atoms with E-state index >= 15 is 0 Å². The maximum absolute atomic E-state index is 12.4. The predicted molar refractivity (Wildman–Crippen MR) is 94.1 cm³/mol. The fourth-order valence-electron chi connectivity index (χ4n) is 2.49. The van der Waals surface area contributed by atoms with E-state index in [0.29, 0.717) is 24.5 Å². The first-order valence-electron chi connectivity index (χ1n) is 8.43. The Labute approximate surface area is 147 Å². The Morgan fingerprint density at radius 2 is 1.96 bits per heavy atom. The number of hydrogen-bond donors (Lipinski definition) is 1. The standard InChI is InChI=1S/C19H24N2O4/c1-4-14(3)21(12-19(23)24)18(22)10-9-17-20-11-16(25-17)15-7-5-13(2)6-8-15/h5-8,11,14H,4,9-10,12H2,1-3H3,(H,23,24). The molecule has 1 amide bonds. The smallest absolute Gasteiger partial charge is 0.323 e. The number of carbonyl (C=O) groups is 2. The second-order valence-electron chi connectivity index (χ2n) is 6.16. The van der Waals surface area contributed by atoms with Gasteiger partial charge in [0, 0.05) is 24.4 Å². The maximum atomic E-state index is 12.4. The van der Waals surface area contributed by atoms with Crippen LogP contribution in [0.25, 0.3) is 11.3 Å². The van der Waals surface area contributed by atoms with Crippen LogP contribution >= 0.6 is 0 Å². The highest BCUT2D eigenvalue weighted by Crippen LogP contribution is 2.21. The third-order valence-electron chi connectivity index (χ3n) is 4.19. The lowest BCUT2D eigenvalue weighted by Gasteiger charge is -2.26. The minimum Gasteiger partial charge on any atom is -0.480 e. The molecule has 1 heterocycles. The second kappa shape index (κ2) is 8.46. The van der Waals surface area contributed by atoms with E-state index < -0.39 is 5.97 Å². The monoisotopic (exact) mass is 344 g/mol. The molecule has 0 aliphatic rings. The van der Waals surface area contributed by atoms with Gasteiger partial charge in [-0.15, -0.1) is 0 Å². The van der Waals surface area contributed by atoms with Crippen molar-refractivity contribution in [3.63, 3.8) is 0 Å². The van der Waals surface area contributed by atoms with Crippen LogP contribution in [0.5, 0.6) is 0 Å². The van der Waals surface area contributed by atoms with Gasteiger partial charge in [0.05, 0.1) is 6.20 Å². The highest BCUT2D eigenvalue weighted by molar-refractivity contribution is 5.81. The fourth-order valence-corrected chi connectivity index (χ4v) is 2.49. The molecule has 1 unspecified atom stereocenters. The summed E-state index contributed by atoms with van der Waals surface area (Å²) in [5.74, 6) is -0.0756. The molecule has 1 atom stereocenters. The van der Waals surface area contributed by atoms with E-state index in [1.807, 2.05) is 45.0 Å². The summed E-state index contributed by atoms with van der Waals surface area (Å²) in [5, 5.41) is 8.99. The van der Waals surface area contributed by atoms with Gasteiger partial charge in [-0.3, -0.25) is 9.59 Å². The van der Waals surface area contributed by atoms with E-state index in [2.05, 4.69) is 4.98 Å². The molecule has 2 aromatic rings. The average molecular weight is 344 g/mol. The van der Waals surface area contributed by atoms with Crippen molar-refractivity contribution in [1.82, 2.24) is 9.88 Å². The minimum absolute atomic E-state index is 0.115. The van der Waals surface area contributed by atoms with E-state index in [0.717, 1.165) is 11.1 Å². The Morgan fingerprint density at radius 3 is 2.56 bits per heavy atom. The average Bonchev–Trinajstić information content (AvgIpc) is 3.06. The number of oxazole rings is 1. The van der Waals surface area contributed by atoms with Crippen molar-refractivity contribution in [3.8, 4) is 11.3 Å². The Hall–Kier alpha value is -2.63. The fraction of sp³-hybridized carbons (Fsp3) is 0.421. The summed E-state index contributed by atoms with van der Waals surface area (Å²) in [6.07, 6.45) is 2.87. The van der Waals surface area contributed by atoms with Crippen LogP contribution in [0.3, 0.4) is 0 Å². The number of aromatic nitrogens is 1. The minimum atomic E-state index is -1.01. The molecule has 0 bridgehead atoms. The molecule has 1 aromatic carbocycles. The maximum Gasteiger partial charge on any atom is 0.323 e. The van der Waals surface area contributed by atoms with Gasteiger partial charge in [-0.2, -0.15) is 0 Å². The zero-order chi connectivity index (χ0) is 18.4. The van der Waals surface area contributed by atoms with Crippen molar-refractivity contribution in [3.05, 3.63) is 41.9 Å². The van der Waals surface area contributed by atoms with Crippen LogP contribution in [0.1, 0.15) is 38.1 Å². The van der Waals surface area contributed by atoms with E-state index in [1.165, 1.54) is 4.90 Å². The number of nitrogens with zero attached hydrogens (tertiary/aromatic N) is 2. The Kier molecular flexibility index (Phi) is 6.33. The Bertz CT molecular complexity index is 721. The summed E-state index contributed by atoms with van der Waals surface area (Å²) in [4.78, 5) is 28.9. The molecule has 0 radical (unpaired) electrons. The molecule has 1 aromatic heterocycles. The summed E-state index contributed by atoms with van der Waals surface area (Å²) in [6, 6.07) is 7.80. The highest BCUT2D eigenvalue weighted by Gasteiger charge is 2.21. The van der Waals surface area contributed by atoms with Crippen LogP contribution < -0.4 is 0 Å². The lowest BCUT2D eigenvalue weighted by Crippen LogP contribution is -2.41. The lowest BCUT2D eigenvalue weighted by atomic mass is 10.1. The Morgan fingerprint density at radius 1 is 1.28 bits per heavy atom. The molecular formula is C19H24N2O4. The van der Waals surface area contributed by atoms with Crippen LogP contribution in [0, 0.1) is 6.92 Å². The van der Waals surface area contributed by atoms with E-state index in [4.69, 9.17) is 9.52 Å². The molecule has 1 N–H and O–H groups in total. The molecule has 0 aliphatic heterocycles. The van der Waals surface area contributed by atoms with Crippen molar-refractivity contribution >= 4 is 11.9 Å². The van der Waals surface area contributed by atoms with Crippen LogP contribution in [-0.2, 0) is 16.0 Å². The first-order valence-corrected chi connectivity index (χ1v) is 8.43. The van der Waals surface area contributed by atoms with Gasteiger partial charge in [-0.05, 0) is 20.3 Å². The molecule has 2 rings (SSSR count). The summed E-state index contributed by atoms with van der Waals surface area (Å²) in [6.45, 7) is 5.51. The number of hydrogen-bond acceptors (Lipinski definition) is 4. The number of carbonyl (C=O) groups excluding carboxylic acids is 1. The van der Waals surface area contributed by atoms with Gasteiger partial charge in [0.1, 0.15) is 6.54 Å². The summed E-state index contributed by atoms with van der Waals surface area (Å²) in [7, 11) is 0. The predicted octanol–water partition coefficient (Wildman–Crippen LogP) is 3.29. The van der Waals surface area contributed by atoms with Crippen LogP contribution in [0.2, 0.25) is 0 Å². The van der Waals surface area contributed by atoms with Crippen LogP contribution in [0.15, 0.2) is 34.9 Å². The third kappa shape index (κ3) is 5.17. The summed E-state index contributed by atoms with van der Waals surface area (Å²) >= 11 is 0. The zero-order valence-corrected chi connectivity index (χ0v) is 14.9. The molecule has 0 saturated carbocycles. The lowest BCUT2D eigenvalue weighted by molar-refractivity contribution is -0.146. The topological polar surface area (TPSA) is 83.6 Å². The van der Waals surface area contributed by atoms with Gasteiger partial charge in [-0.25, -0.2) is 4.98 Å². The largest absolute Gasteiger partial charge is 0.480 e. The number of carboxylic acid groups (broad SMARTS) is 1. The first-order chi connectivity index (χ1) is 11.9. The van der Waals surface area contributed by atoms with Crippen LogP contribution in [0.4, 0.5) is 0 Å². The molecule has 134 valence electrons. The van der Waals surface area contributed by atoms with Gasteiger partial charge in [-0.1, -0.05) is 36.8 Å². The van der Waals surface area contributed by atoms with Gasteiger partial charge in [0.25, 0.3) is 0 Å². The van der Waals surface area contributed by atoms with Gasteiger partial charge < -0.3 is 14.4 Å². The quantitative estimate of drug-likeness (QED) is 0.794. The number of aliphatic carboxylic acids is 1. The number of aryl methyl sites for hydroxylation is 2. The first kappa shape index (κ1) is 18.7. The summed E-state index contributed by atoms with van der Waals surface area (Å²) < 4.78 is 5.71. The van der Waals surface area contributed by atoms with Gasteiger partial charge in [0.15, 0.2) is 11.7 Å². The molecule has 0 fully saturated rings. The number of rotatable bonds is 8. The normalized spacial score (nSPS) is 12.0. The molecule has 25 heavy (non-hydrogen) atoms. The van der Waals surface area contributed by atoms with Gasteiger partial charge in [0.2, 0.25) is 5.91 Å². The van der Waals surface area contributed by atoms with Crippen molar-refractivity contribution in [2.24, 2.45) is 0 Å². The molecular weight excluding hydrogens is 320 g/mol. The number of amides is 1. The molecule has 6 heteroatoms. The Balaban J connectivity index is 1.99.